The molecule has 2 aromatic rings. The molecular formula is C15H18N4O. The standard InChI is InChI=1S/C15H18N4O/c1-16-9-11-5-4-8-19(11)15(20)14-10-17-12-6-2-3-7-13(12)18-14/h2-3,6-7,10-11,16H,4-5,8-9H2,1H3. The number of hydrogen-bond acceptors (Lipinski definition) is 4. The van der Waals surface area contributed by atoms with Crippen LogP contribution in [0, 0.1) is 0 Å². The maximum absolute atomic E-state index is 12.6. The topological polar surface area (TPSA) is 58.1 Å². The van der Waals surface area contributed by atoms with Gasteiger partial charge in [0.25, 0.3) is 5.91 Å². The zero-order valence-electron chi connectivity index (χ0n) is 11.5. The lowest BCUT2D eigenvalue weighted by molar-refractivity contribution is 0.0731. The molecule has 1 N–H and O–H groups in total. The summed E-state index contributed by atoms with van der Waals surface area (Å²) < 4.78 is 0. The summed E-state index contributed by atoms with van der Waals surface area (Å²) in [6, 6.07) is 7.87. The molecule has 1 saturated heterocycles. The van der Waals surface area contributed by atoms with Crippen LogP contribution in [0.2, 0.25) is 0 Å². The average Bonchev–Trinajstić information content (AvgIpc) is 2.94. The lowest BCUT2D eigenvalue weighted by atomic mass is 10.2. The Bertz CT molecular complexity index is 628. The summed E-state index contributed by atoms with van der Waals surface area (Å²) in [4.78, 5) is 23.2. The number of benzene rings is 1. The van der Waals surface area contributed by atoms with Crippen molar-refractivity contribution in [2.75, 3.05) is 20.1 Å². The molecule has 1 aliphatic heterocycles. The van der Waals surface area contributed by atoms with Gasteiger partial charge in [0.05, 0.1) is 17.2 Å². The van der Waals surface area contributed by atoms with Crippen LogP contribution in [-0.2, 0) is 0 Å². The number of hydrogen-bond donors (Lipinski definition) is 1. The van der Waals surface area contributed by atoms with Gasteiger partial charge in [-0.2, -0.15) is 0 Å². The lowest BCUT2D eigenvalue weighted by Crippen LogP contribution is -2.41. The Hall–Kier alpha value is -2.01. The van der Waals surface area contributed by atoms with Crippen LogP contribution in [-0.4, -0.2) is 47.0 Å². The molecule has 5 heteroatoms. The Kier molecular flexibility index (Phi) is 3.60. The van der Waals surface area contributed by atoms with E-state index in [0.29, 0.717) is 5.69 Å². The molecule has 3 rings (SSSR count). The van der Waals surface area contributed by atoms with Crippen LogP contribution in [0.3, 0.4) is 0 Å². The van der Waals surface area contributed by atoms with Crippen LogP contribution in [0.15, 0.2) is 30.5 Å². The third-order valence-corrected chi connectivity index (χ3v) is 3.75. The minimum atomic E-state index is -0.0130. The molecule has 0 aliphatic carbocycles. The van der Waals surface area contributed by atoms with Gasteiger partial charge in [0.15, 0.2) is 0 Å². The van der Waals surface area contributed by atoms with Gasteiger partial charge in [-0.15, -0.1) is 0 Å². The third kappa shape index (κ3) is 2.36. The van der Waals surface area contributed by atoms with Crippen LogP contribution in [0.4, 0.5) is 0 Å². The number of nitrogens with one attached hydrogen (secondary N) is 1. The summed E-state index contributed by atoms with van der Waals surface area (Å²) in [5, 5.41) is 3.15. The first-order valence-electron chi connectivity index (χ1n) is 6.97. The van der Waals surface area contributed by atoms with E-state index in [0.717, 1.165) is 37.0 Å². The molecule has 1 aromatic carbocycles. The number of fused-ring (bicyclic) bond motifs is 1. The molecule has 1 atom stereocenters. The Morgan fingerprint density at radius 2 is 2.20 bits per heavy atom. The van der Waals surface area contributed by atoms with Crippen molar-refractivity contribution >= 4 is 16.9 Å². The second kappa shape index (κ2) is 5.54. The normalized spacial score (nSPS) is 18.6. The zero-order chi connectivity index (χ0) is 13.9. The number of carbonyl (C=O) groups excluding carboxylic acids is 1. The molecule has 20 heavy (non-hydrogen) atoms. The molecule has 0 spiro atoms. The molecular weight excluding hydrogens is 252 g/mol. The summed E-state index contributed by atoms with van der Waals surface area (Å²) in [7, 11) is 1.91. The fraction of sp³-hybridized carbons (Fsp3) is 0.400. The van der Waals surface area contributed by atoms with Crippen LogP contribution in [0.1, 0.15) is 23.3 Å². The number of para-hydroxylation sites is 2. The van der Waals surface area contributed by atoms with Gasteiger partial charge in [0, 0.05) is 19.1 Å². The molecule has 1 aliphatic rings. The van der Waals surface area contributed by atoms with Crippen molar-refractivity contribution in [1.82, 2.24) is 20.2 Å². The summed E-state index contributed by atoms with van der Waals surface area (Å²) in [5.41, 5.74) is 2.02. The van der Waals surface area contributed by atoms with E-state index in [-0.39, 0.29) is 11.9 Å². The first-order valence-corrected chi connectivity index (χ1v) is 6.97. The first-order chi connectivity index (χ1) is 9.79. The molecule has 2 heterocycles. The van der Waals surface area contributed by atoms with Gasteiger partial charge in [-0.1, -0.05) is 12.1 Å². The van der Waals surface area contributed by atoms with Crippen molar-refractivity contribution in [2.45, 2.75) is 18.9 Å². The molecule has 0 saturated carbocycles. The van der Waals surface area contributed by atoms with Gasteiger partial charge in [-0.25, -0.2) is 4.98 Å². The van der Waals surface area contributed by atoms with Gasteiger partial charge >= 0.3 is 0 Å². The largest absolute Gasteiger partial charge is 0.333 e. The van der Waals surface area contributed by atoms with E-state index < -0.39 is 0 Å². The number of likely N-dealkylation sites (tertiary alicyclic amines) is 1. The van der Waals surface area contributed by atoms with Crippen LogP contribution in [0.5, 0.6) is 0 Å². The van der Waals surface area contributed by atoms with Crippen molar-refractivity contribution in [3.8, 4) is 0 Å². The van der Waals surface area contributed by atoms with Gasteiger partial charge in [0.2, 0.25) is 0 Å². The third-order valence-electron chi connectivity index (χ3n) is 3.75. The fourth-order valence-corrected chi connectivity index (χ4v) is 2.76. The number of likely N-dealkylation sites (N-methyl/N-ethyl adjacent to an activating group) is 1. The molecule has 1 unspecified atom stereocenters. The van der Waals surface area contributed by atoms with Crippen LogP contribution >= 0.6 is 0 Å². The van der Waals surface area contributed by atoms with E-state index in [1.165, 1.54) is 0 Å². The highest BCUT2D eigenvalue weighted by Gasteiger charge is 2.29. The molecule has 0 bridgehead atoms. The zero-order valence-corrected chi connectivity index (χ0v) is 11.5. The number of carbonyl (C=O) groups is 1. The second-order valence-electron chi connectivity index (χ2n) is 5.10. The van der Waals surface area contributed by atoms with Crippen LogP contribution < -0.4 is 5.32 Å². The molecule has 0 radical (unpaired) electrons. The lowest BCUT2D eigenvalue weighted by Gasteiger charge is -2.24. The minimum Gasteiger partial charge on any atom is -0.333 e. The Labute approximate surface area is 118 Å². The Balaban J connectivity index is 1.88. The Morgan fingerprint density at radius 3 is 3.00 bits per heavy atom. The highest BCUT2D eigenvalue weighted by molar-refractivity contribution is 5.94. The number of nitrogens with zero attached hydrogens (tertiary/aromatic N) is 3. The minimum absolute atomic E-state index is 0.0130. The van der Waals surface area contributed by atoms with Crippen LogP contribution in [0.25, 0.3) is 11.0 Å². The van der Waals surface area contributed by atoms with E-state index in [1.807, 2.05) is 36.2 Å². The average molecular weight is 270 g/mol. The molecule has 5 nitrogen and oxygen atoms in total. The molecule has 1 aromatic heterocycles. The van der Waals surface area contributed by atoms with E-state index in [1.54, 1.807) is 6.20 Å². The van der Waals surface area contributed by atoms with Crippen molar-refractivity contribution in [3.05, 3.63) is 36.2 Å². The van der Waals surface area contributed by atoms with E-state index in [9.17, 15) is 4.79 Å². The second-order valence-corrected chi connectivity index (χ2v) is 5.10. The van der Waals surface area contributed by atoms with Crippen molar-refractivity contribution in [3.63, 3.8) is 0 Å². The van der Waals surface area contributed by atoms with Crippen molar-refractivity contribution in [2.24, 2.45) is 0 Å². The first kappa shape index (κ1) is 13.0. The highest BCUT2D eigenvalue weighted by Crippen LogP contribution is 2.19. The maximum atomic E-state index is 12.6. The van der Waals surface area contributed by atoms with Gasteiger partial charge in [0.1, 0.15) is 5.69 Å². The van der Waals surface area contributed by atoms with Gasteiger partial charge in [-0.05, 0) is 32.0 Å². The summed E-state index contributed by atoms with van der Waals surface area (Å²) >= 11 is 0. The van der Waals surface area contributed by atoms with Crippen molar-refractivity contribution < 1.29 is 4.79 Å². The number of amides is 1. The quantitative estimate of drug-likeness (QED) is 0.917. The monoisotopic (exact) mass is 270 g/mol. The number of aromatic nitrogens is 2. The molecule has 1 amide bonds. The predicted molar refractivity (Wildman–Crippen MR) is 77.5 cm³/mol. The predicted octanol–water partition coefficient (Wildman–Crippen LogP) is 1.45. The maximum Gasteiger partial charge on any atom is 0.274 e. The summed E-state index contributed by atoms with van der Waals surface area (Å²) in [6.07, 6.45) is 3.69. The van der Waals surface area contributed by atoms with Gasteiger partial charge < -0.3 is 10.2 Å². The van der Waals surface area contributed by atoms with Crippen molar-refractivity contribution in [1.29, 1.82) is 0 Å². The summed E-state index contributed by atoms with van der Waals surface area (Å²) in [6.45, 7) is 1.63. The van der Waals surface area contributed by atoms with E-state index in [2.05, 4.69) is 15.3 Å². The van der Waals surface area contributed by atoms with E-state index >= 15 is 0 Å². The summed E-state index contributed by atoms with van der Waals surface area (Å²) in [5.74, 6) is -0.0130. The highest BCUT2D eigenvalue weighted by atomic mass is 16.2. The van der Waals surface area contributed by atoms with E-state index in [4.69, 9.17) is 0 Å². The SMILES string of the molecule is CNCC1CCCN1C(=O)c1cnc2ccccc2n1. The Morgan fingerprint density at radius 1 is 1.40 bits per heavy atom. The number of rotatable bonds is 3. The fourth-order valence-electron chi connectivity index (χ4n) is 2.76. The van der Waals surface area contributed by atoms with Gasteiger partial charge in [-0.3, -0.25) is 9.78 Å². The molecule has 1 fully saturated rings. The smallest absolute Gasteiger partial charge is 0.274 e. The molecule has 104 valence electrons.